The number of benzene rings is 5. The van der Waals surface area contributed by atoms with Crippen LogP contribution in [-0.2, 0) is 0 Å². The van der Waals surface area contributed by atoms with Crippen molar-refractivity contribution in [3.63, 3.8) is 0 Å². The molecular weight excluding hydrogens is 787 g/mol. The lowest BCUT2D eigenvalue weighted by Gasteiger charge is -2.14. The molecule has 0 unspecified atom stereocenters. The summed E-state index contributed by atoms with van der Waals surface area (Å²) in [6, 6.07) is 57.4. The molecule has 5 aromatic heterocycles. The lowest BCUT2D eigenvalue weighted by Crippen LogP contribution is -2.02. The molecule has 0 bridgehead atoms. The van der Waals surface area contributed by atoms with E-state index in [9.17, 15) is 0 Å². The maximum atomic E-state index is 4.98. The molecule has 306 valence electrons. The molecule has 0 spiro atoms. The van der Waals surface area contributed by atoms with Gasteiger partial charge in [0.1, 0.15) is 0 Å². The molecule has 10 aromatic rings. The second-order valence-electron chi connectivity index (χ2n) is 15.6. The Bertz CT molecular complexity index is 3280. The maximum Gasteiger partial charge on any atom is 0.165 e. The Morgan fingerprint density at radius 2 is 0.656 bits per heavy atom. The van der Waals surface area contributed by atoms with E-state index < -0.39 is 0 Å². The van der Waals surface area contributed by atoms with Crippen molar-refractivity contribution in [2.45, 2.75) is 27.7 Å². The third-order valence-corrected chi connectivity index (χ3v) is 11.2. The highest BCUT2D eigenvalue weighted by Crippen LogP contribution is 2.37. The Kier molecular flexibility index (Phi) is 10.6. The first-order valence-electron chi connectivity index (χ1n) is 21.1. The van der Waals surface area contributed by atoms with Crippen molar-refractivity contribution < 1.29 is 0 Å². The predicted octanol–water partition coefficient (Wildman–Crippen LogP) is 12.5. The van der Waals surface area contributed by atoms with E-state index in [1.807, 2.05) is 137 Å². The summed E-state index contributed by atoms with van der Waals surface area (Å²) in [6.07, 6.45) is 1.83. The van der Waals surface area contributed by atoms with E-state index in [0.717, 1.165) is 89.7 Å². The van der Waals surface area contributed by atoms with Crippen LogP contribution in [0, 0.1) is 27.7 Å². The molecular formula is C55H41N9. The number of nitrogens with zero attached hydrogens (tertiary/aromatic N) is 9. The number of hydrogen-bond acceptors (Lipinski definition) is 9. The lowest BCUT2D eigenvalue weighted by atomic mass is 9.92. The number of rotatable bonds is 9. The molecule has 0 fully saturated rings. The van der Waals surface area contributed by atoms with Gasteiger partial charge in [-0.2, -0.15) is 0 Å². The summed E-state index contributed by atoms with van der Waals surface area (Å²) < 4.78 is 0. The standard InChI is InChI=1S/C55H41N9/c1-34-18-29-45(36(3)57-34)54-61-50(40-13-7-5-8-14-40)59-52(63-54)42-24-20-38(21-25-42)44-28-31-47(48(33-44)49-17-11-12-32-56-49)39-22-26-43(27-23-39)53-60-51(41-15-9-6-10-16-41)62-55(64-53)46-30-19-35(2)58-37(46)4/h5-33H,1-4H3. The zero-order chi connectivity index (χ0) is 43.6. The minimum Gasteiger partial charge on any atom is -0.258 e. The van der Waals surface area contributed by atoms with Crippen LogP contribution in [-0.4, -0.2) is 44.9 Å². The molecule has 0 N–H and O–H groups in total. The summed E-state index contributed by atoms with van der Waals surface area (Å²) in [4.78, 5) is 43.9. The highest BCUT2D eigenvalue weighted by molar-refractivity contribution is 5.87. The van der Waals surface area contributed by atoms with Gasteiger partial charge < -0.3 is 0 Å². The monoisotopic (exact) mass is 827 g/mol. The third-order valence-electron chi connectivity index (χ3n) is 11.2. The van der Waals surface area contributed by atoms with E-state index in [0.29, 0.717) is 34.9 Å². The summed E-state index contributed by atoms with van der Waals surface area (Å²) in [7, 11) is 0. The van der Waals surface area contributed by atoms with Crippen molar-refractivity contribution in [1.29, 1.82) is 0 Å². The molecule has 9 nitrogen and oxygen atoms in total. The summed E-state index contributed by atoms with van der Waals surface area (Å²) in [5, 5.41) is 0. The van der Waals surface area contributed by atoms with Crippen molar-refractivity contribution >= 4 is 0 Å². The zero-order valence-corrected chi connectivity index (χ0v) is 35.8. The second kappa shape index (κ2) is 17.1. The maximum absolute atomic E-state index is 4.98. The fraction of sp³-hybridized carbons (Fsp3) is 0.0727. The number of hydrogen-bond donors (Lipinski definition) is 0. The first-order valence-corrected chi connectivity index (χ1v) is 21.1. The van der Waals surface area contributed by atoms with Gasteiger partial charge in [0.05, 0.1) is 5.69 Å². The largest absolute Gasteiger partial charge is 0.258 e. The molecule has 5 heterocycles. The number of aromatic nitrogens is 9. The zero-order valence-electron chi connectivity index (χ0n) is 35.8. The van der Waals surface area contributed by atoms with E-state index in [4.69, 9.17) is 34.9 Å². The Hall–Kier alpha value is -8.43. The molecule has 5 aromatic carbocycles. The molecule has 0 aliphatic carbocycles. The topological polar surface area (TPSA) is 116 Å². The molecule has 0 aliphatic rings. The SMILES string of the molecule is Cc1ccc(-c2nc(-c3ccccc3)nc(-c3ccc(-c4ccc(-c5ccc(-c6nc(-c7ccccc7)nc(-c7ccc(C)nc7C)n6)cc5)c(-c5ccccn5)c4)cc3)n2)c(C)n1. The van der Waals surface area contributed by atoms with E-state index in [1.54, 1.807) is 0 Å². The van der Waals surface area contributed by atoms with Gasteiger partial charge >= 0.3 is 0 Å². The fourth-order valence-electron chi connectivity index (χ4n) is 7.85. The molecule has 64 heavy (non-hydrogen) atoms. The highest BCUT2D eigenvalue weighted by atomic mass is 15.0. The van der Waals surface area contributed by atoms with Crippen LogP contribution in [0.1, 0.15) is 22.8 Å². The summed E-state index contributed by atoms with van der Waals surface area (Å²) in [6.45, 7) is 7.95. The average molecular weight is 828 g/mol. The smallest absolute Gasteiger partial charge is 0.165 e. The van der Waals surface area contributed by atoms with Crippen LogP contribution in [0.5, 0.6) is 0 Å². The molecule has 0 saturated carbocycles. The van der Waals surface area contributed by atoms with Gasteiger partial charge in [0, 0.05) is 67.9 Å². The van der Waals surface area contributed by atoms with Crippen molar-refractivity contribution in [2.24, 2.45) is 0 Å². The number of pyridine rings is 3. The Morgan fingerprint density at radius 3 is 1.11 bits per heavy atom. The Labute approximate surface area is 371 Å². The van der Waals surface area contributed by atoms with Crippen molar-refractivity contribution in [3.8, 4) is 102 Å². The normalized spacial score (nSPS) is 11.1. The molecule has 0 atom stereocenters. The van der Waals surface area contributed by atoms with Crippen LogP contribution in [0.3, 0.4) is 0 Å². The predicted molar refractivity (Wildman–Crippen MR) is 254 cm³/mol. The fourth-order valence-corrected chi connectivity index (χ4v) is 7.85. The van der Waals surface area contributed by atoms with Gasteiger partial charge in [0.2, 0.25) is 0 Å². The summed E-state index contributed by atoms with van der Waals surface area (Å²) >= 11 is 0. The Morgan fingerprint density at radius 1 is 0.266 bits per heavy atom. The van der Waals surface area contributed by atoms with Crippen molar-refractivity contribution in [3.05, 3.63) is 199 Å². The molecule has 0 radical (unpaired) electrons. The average Bonchev–Trinajstić information content (AvgIpc) is 3.34. The first kappa shape index (κ1) is 39.7. The minimum absolute atomic E-state index is 0.587. The summed E-state index contributed by atoms with van der Waals surface area (Å²) in [5.74, 6) is 3.57. The van der Waals surface area contributed by atoms with Gasteiger partial charge in [0.25, 0.3) is 0 Å². The van der Waals surface area contributed by atoms with Crippen LogP contribution in [0.2, 0.25) is 0 Å². The van der Waals surface area contributed by atoms with E-state index in [1.165, 1.54) is 0 Å². The molecule has 0 amide bonds. The first-order chi connectivity index (χ1) is 31.3. The van der Waals surface area contributed by atoms with Gasteiger partial charge in [-0.25, -0.2) is 29.9 Å². The minimum atomic E-state index is 0.587. The highest BCUT2D eigenvalue weighted by Gasteiger charge is 2.18. The third kappa shape index (κ3) is 8.18. The van der Waals surface area contributed by atoms with Crippen LogP contribution < -0.4 is 0 Å². The molecule has 10 rings (SSSR count). The van der Waals surface area contributed by atoms with Gasteiger partial charge in [-0.15, -0.1) is 0 Å². The van der Waals surface area contributed by atoms with E-state index in [-0.39, 0.29) is 0 Å². The van der Waals surface area contributed by atoms with E-state index >= 15 is 0 Å². The Balaban J connectivity index is 0.999. The van der Waals surface area contributed by atoms with Crippen molar-refractivity contribution in [2.75, 3.05) is 0 Å². The quantitative estimate of drug-likeness (QED) is 0.140. The van der Waals surface area contributed by atoms with Crippen LogP contribution >= 0.6 is 0 Å². The number of aryl methyl sites for hydroxylation is 4. The van der Waals surface area contributed by atoms with Crippen LogP contribution in [0.15, 0.2) is 176 Å². The molecule has 0 saturated heterocycles. The van der Waals surface area contributed by atoms with Gasteiger partial charge in [-0.1, -0.05) is 127 Å². The van der Waals surface area contributed by atoms with Gasteiger partial charge in [-0.05, 0) is 92.4 Å². The summed E-state index contributed by atoms with van der Waals surface area (Å²) in [5.41, 5.74) is 15.1. The van der Waals surface area contributed by atoms with Gasteiger partial charge in [0.15, 0.2) is 34.9 Å². The molecule has 9 heteroatoms. The van der Waals surface area contributed by atoms with E-state index in [2.05, 4.69) is 76.7 Å². The van der Waals surface area contributed by atoms with Crippen LogP contribution in [0.4, 0.5) is 0 Å². The lowest BCUT2D eigenvalue weighted by molar-refractivity contribution is 1.05. The molecule has 0 aliphatic heterocycles. The van der Waals surface area contributed by atoms with Gasteiger partial charge in [-0.3, -0.25) is 15.0 Å². The van der Waals surface area contributed by atoms with Crippen LogP contribution in [0.25, 0.3) is 102 Å². The second-order valence-corrected chi connectivity index (χ2v) is 15.6. The van der Waals surface area contributed by atoms with Crippen molar-refractivity contribution in [1.82, 2.24) is 44.9 Å².